The van der Waals surface area contributed by atoms with E-state index in [0.29, 0.717) is 6.04 Å². The van der Waals surface area contributed by atoms with Crippen molar-refractivity contribution in [1.29, 1.82) is 0 Å². The summed E-state index contributed by atoms with van der Waals surface area (Å²) < 4.78 is 1.93. The summed E-state index contributed by atoms with van der Waals surface area (Å²) in [4.78, 5) is 0. The molecular formula is C13H17N5. The van der Waals surface area contributed by atoms with Crippen LogP contribution < -0.4 is 10.6 Å². The fourth-order valence-electron chi connectivity index (χ4n) is 2.31. The molecule has 1 atom stereocenters. The number of anilines is 1. The van der Waals surface area contributed by atoms with Crippen LogP contribution in [0.25, 0.3) is 11.4 Å². The summed E-state index contributed by atoms with van der Waals surface area (Å²) >= 11 is 0. The summed E-state index contributed by atoms with van der Waals surface area (Å²) in [6, 6.07) is 8.86. The first kappa shape index (κ1) is 11.2. The van der Waals surface area contributed by atoms with E-state index in [-0.39, 0.29) is 0 Å². The Bertz CT molecular complexity index is 528. The van der Waals surface area contributed by atoms with Crippen LogP contribution in [0.3, 0.4) is 0 Å². The van der Waals surface area contributed by atoms with Crippen LogP contribution in [0.2, 0.25) is 0 Å². The van der Waals surface area contributed by atoms with E-state index in [0.717, 1.165) is 30.2 Å². The van der Waals surface area contributed by atoms with Gasteiger partial charge in [-0.25, -0.2) is 0 Å². The van der Waals surface area contributed by atoms with Gasteiger partial charge in [-0.15, -0.1) is 10.2 Å². The highest BCUT2D eigenvalue weighted by Crippen LogP contribution is 2.21. The second-order valence-corrected chi connectivity index (χ2v) is 4.68. The van der Waals surface area contributed by atoms with Crippen molar-refractivity contribution in [3.63, 3.8) is 0 Å². The highest BCUT2D eigenvalue weighted by atomic mass is 15.2. The van der Waals surface area contributed by atoms with Crippen LogP contribution in [0.15, 0.2) is 30.6 Å². The van der Waals surface area contributed by atoms with Gasteiger partial charge in [-0.1, -0.05) is 12.1 Å². The number of aromatic nitrogens is 3. The summed E-state index contributed by atoms with van der Waals surface area (Å²) in [6.45, 7) is 2.13. The molecule has 2 N–H and O–H groups in total. The maximum absolute atomic E-state index is 4.13. The lowest BCUT2D eigenvalue weighted by molar-refractivity contribution is 0.793. The first-order valence-corrected chi connectivity index (χ1v) is 6.24. The van der Waals surface area contributed by atoms with Crippen LogP contribution in [0.4, 0.5) is 5.69 Å². The monoisotopic (exact) mass is 243 g/mol. The first-order valence-electron chi connectivity index (χ1n) is 6.24. The van der Waals surface area contributed by atoms with Crippen molar-refractivity contribution in [3.8, 4) is 11.4 Å². The van der Waals surface area contributed by atoms with Crippen molar-refractivity contribution in [2.45, 2.75) is 12.5 Å². The molecule has 1 fully saturated rings. The number of rotatable bonds is 3. The average Bonchev–Trinajstić information content (AvgIpc) is 3.01. The molecule has 1 aromatic carbocycles. The van der Waals surface area contributed by atoms with Gasteiger partial charge in [0.15, 0.2) is 5.82 Å². The third kappa shape index (κ3) is 2.22. The van der Waals surface area contributed by atoms with Crippen molar-refractivity contribution < 1.29 is 0 Å². The Labute approximate surface area is 106 Å². The molecule has 0 spiro atoms. The minimum atomic E-state index is 0.528. The van der Waals surface area contributed by atoms with Gasteiger partial charge in [0.2, 0.25) is 0 Å². The minimum absolute atomic E-state index is 0.528. The molecule has 3 rings (SSSR count). The van der Waals surface area contributed by atoms with Crippen molar-refractivity contribution in [3.05, 3.63) is 30.6 Å². The van der Waals surface area contributed by atoms with Crippen molar-refractivity contribution in [2.75, 3.05) is 18.4 Å². The lowest BCUT2D eigenvalue weighted by atomic mass is 10.1. The fourth-order valence-corrected chi connectivity index (χ4v) is 2.31. The summed E-state index contributed by atoms with van der Waals surface area (Å²) in [7, 11) is 1.95. The summed E-state index contributed by atoms with van der Waals surface area (Å²) in [5, 5.41) is 14.9. The maximum atomic E-state index is 4.13. The molecule has 2 heterocycles. The molecule has 18 heavy (non-hydrogen) atoms. The van der Waals surface area contributed by atoms with Gasteiger partial charge in [0, 0.05) is 30.9 Å². The summed E-state index contributed by atoms with van der Waals surface area (Å²) in [5.41, 5.74) is 2.23. The van der Waals surface area contributed by atoms with E-state index in [4.69, 9.17) is 0 Å². The van der Waals surface area contributed by atoms with E-state index < -0.39 is 0 Å². The topological polar surface area (TPSA) is 54.8 Å². The molecule has 1 saturated heterocycles. The molecule has 5 nitrogen and oxygen atoms in total. The van der Waals surface area contributed by atoms with Gasteiger partial charge < -0.3 is 15.2 Å². The highest BCUT2D eigenvalue weighted by molar-refractivity contribution is 5.62. The number of benzene rings is 1. The lowest BCUT2D eigenvalue weighted by Gasteiger charge is -2.13. The molecule has 0 aliphatic carbocycles. The Balaban J connectivity index is 1.82. The molecular weight excluding hydrogens is 226 g/mol. The van der Waals surface area contributed by atoms with Crippen LogP contribution in [0, 0.1) is 0 Å². The third-order valence-corrected chi connectivity index (χ3v) is 3.26. The van der Waals surface area contributed by atoms with Gasteiger partial charge in [-0.3, -0.25) is 0 Å². The zero-order valence-corrected chi connectivity index (χ0v) is 10.4. The Morgan fingerprint density at radius 2 is 2.39 bits per heavy atom. The van der Waals surface area contributed by atoms with E-state index in [9.17, 15) is 0 Å². The molecule has 0 saturated carbocycles. The molecule has 0 radical (unpaired) electrons. The number of hydrogen-bond donors (Lipinski definition) is 2. The van der Waals surface area contributed by atoms with Gasteiger partial charge in [0.1, 0.15) is 6.33 Å². The first-order chi connectivity index (χ1) is 8.83. The summed E-state index contributed by atoms with van der Waals surface area (Å²) in [6.07, 6.45) is 2.89. The van der Waals surface area contributed by atoms with Gasteiger partial charge in [-0.2, -0.15) is 0 Å². The van der Waals surface area contributed by atoms with Crippen LogP contribution in [-0.2, 0) is 7.05 Å². The SMILES string of the molecule is Cn1cnnc1-c1cccc(NC2CCNC2)c1. The van der Waals surface area contributed by atoms with Crippen molar-refractivity contribution >= 4 is 5.69 Å². The van der Waals surface area contributed by atoms with E-state index in [1.165, 1.54) is 6.42 Å². The number of nitrogens with one attached hydrogen (secondary N) is 2. The largest absolute Gasteiger partial charge is 0.381 e. The predicted octanol–water partition coefficient (Wildman–Crippen LogP) is 1.26. The van der Waals surface area contributed by atoms with Crippen LogP contribution in [0.1, 0.15) is 6.42 Å². The Hall–Kier alpha value is -1.88. The standard InChI is InChI=1S/C13H17N5/c1-18-9-15-17-13(18)10-3-2-4-11(7-10)16-12-5-6-14-8-12/h2-4,7,9,12,14,16H,5-6,8H2,1H3. The molecule has 94 valence electrons. The summed E-state index contributed by atoms with van der Waals surface area (Å²) in [5.74, 6) is 0.892. The van der Waals surface area contributed by atoms with Gasteiger partial charge in [-0.05, 0) is 25.1 Å². The second kappa shape index (κ2) is 4.78. The molecule has 1 aromatic heterocycles. The molecule has 5 heteroatoms. The zero-order valence-electron chi connectivity index (χ0n) is 10.4. The Kier molecular flexibility index (Phi) is 2.98. The molecule has 0 amide bonds. The maximum Gasteiger partial charge on any atom is 0.163 e. The third-order valence-electron chi connectivity index (χ3n) is 3.26. The minimum Gasteiger partial charge on any atom is -0.381 e. The van der Waals surface area contributed by atoms with Crippen LogP contribution >= 0.6 is 0 Å². The second-order valence-electron chi connectivity index (χ2n) is 4.68. The zero-order chi connectivity index (χ0) is 12.4. The predicted molar refractivity (Wildman–Crippen MR) is 71.3 cm³/mol. The molecule has 2 aromatic rings. The van der Waals surface area contributed by atoms with Crippen LogP contribution in [-0.4, -0.2) is 33.9 Å². The van der Waals surface area contributed by atoms with Gasteiger partial charge >= 0.3 is 0 Å². The van der Waals surface area contributed by atoms with Crippen molar-refractivity contribution in [1.82, 2.24) is 20.1 Å². The Morgan fingerprint density at radius 3 is 3.11 bits per heavy atom. The Morgan fingerprint density at radius 1 is 1.44 bits per heavy atom. The molecule has 1 unspecified atom stereocenters. The average molecular weight is 243 g/mol. The fraction of sp³-hybridized carbons (Fsp3) is 0.385. The number of hydrogen-bond acceptors (Lipinski definition) is 4. The van der Waals surface area contributed by atoms with Crippen molar-refractivity contribution in [2.24, 2.45) is 7.05 Å². The molecule has 0 bridgehead atoms. The van der Waals surface area contributed by atoms with Gasteiger partial charge in [0.25, 0.3) is 0 Å². The highest BCUT2D eigenvalue weighted by Gasteiger charge is 2.14. The van der Waals surface area contributed by atoms with Gasteiger partial charge in [0.05, 0.1) is 0 Å². The van der Waals surface area contributed by atoms with E-state index in [2.05, 4.69) is 45.1 Å². The van der Waals surface area contributed by atoms with Crippen LogP contribution in [0.5, 0.6) is 0 Å². The number of nitrogens with zero attached hydrogens (tertiary/aromatic N) is 3. The van der Waals surface area contributed by atoms with E-state index in [1.807, 2.05) is 11.6 Å². The van der Waals surface area contributed by atoms with E-state index >= 15 is 0 Å². The normalized spacial score (nSPS) is 19.1. The smallest absolute Gasteiger partial charge is 0.163 e. The molecule has 1 aliphatic heterocycles. The van der Waals surface area contributed by atoms with E-state index in [1.54, 1.807) is 6.33 Å². The molecule has 1 aliphatic rings. The number of aryl methyl sites for hydroxylation is 1. The quantitative estimate of drug-likeness (QED) is 0.852. The lowest BCUT2D eigenvalue weighted by Crippen LogP contribution is -2.21.